The van der Waals surface area contributed by atoms with Gasteiger partial charge in [-0.1, -0.05) is 30.3 Å². The van der Waals surface area contributed by atoms with E-state index < -0.39 is 27.8 Å². The van der Waals surface area contributed by atoms with Crippen molar-refractivity contribution in [3.63, 3.8) is 0 Å². The molecule has 0 unspecified atom stereocenters. The van der Waals surface area contributed by atoms with Crippen molar-refractivity contribution in [2.24, 2.45) is 0 Å². The third-order valence-electron chi connectivity index (χ3n) is 5.74. The fourth-order valence-electron chi connectivity index (χ4n) is 3.89. The van der Waals surface area contributed by atoms with Crippen molar-refractivity contribution in [3.05, 3.63) is 95.6 Å². The predicted octanol–water partition coefficient (Wildman–Crippen LogP) is 1.43. The lowest BCUT2D eigenvalue weighted by molar-refractivity contribution is -0.384. The summed E-state index contributed by atoms with van der Waals surface area (Å²) in [5.41, 5.74) is 5.48. The first-order chi connectivity index (χ1) is 17.2. The van der Waals surface area contributed by atoms with E-state index in [1.165, 1.54) is 28.3 Å². The van der Waals surface area contributed by atoms with E-state index in [2.05, 4.69) is 4.98 Å². The monoisotopic (exact) mass is 494 g/mol. The summed E-state index contributed by atoms with van der Waals surface area (Å²) in [5.74, 6) is -1.32. The van der Waals surface area contributed by atoms with Gasteiger partial charge in [0.15, 0.2) is 11.3 Å². The molecule has 13 nitrogen and oxygen atoms in total. The molecule has 0 saturated carbocycles. The molecule has 1 amide bonds. The largest absolute Gasteiger partial charge is 0.419 e. The van der Waals surface area contributed by atoms with E-state index in [-0.39, 0.29) is 48.7 Å². The van der Waals surface area contributed by atoms with Gasteiger partial charge in [-0.05, 0) is 18.1 Å². The molecule has 3 N–H and O–H groups in total. The van der Waals surface area contributed by atoms with Crippen molar-refractivity contribution in [1.29, 1.82) is 0 Å². The van der Waals surface area contributed by atoms with Crippen LogP contribution in [0.15, 0.2) is 67.3 Å². The summed E-state index contributed by atoms with van der Waals surface area (Å²) in [5, 5.41) is 10.9. The zero-order valence-corrected chi connectivity index (χ0v) is 19.2. The molecule has 0 spiro atoms. The Morgan fingerprint density at radius 3 is 2.56 bits per heavy atom. The third kappa shape index (κ3) is 4.66. The number of nitrogens with zero attached hydrogens (tertiary/aromatic N) is 4. The number of oxazole rings is 1. The van der Waals surface area contributed by atoms with E-state index in [0.29, 0.717) is 5.52 Å². The second-order valence-corrected chi connectivity index (χ2v) is 8.05. The number of nitro benzene ring substituents is 1. The van der Waals surface area contributed by atoms with Gasteiger partial charge in [0.05, 0.1) is 23.1 Å². The highest BCUT2D eigenvalue weighted by molar-refractivity contribution is 5.95. The van der Waals surface area contributed by atoms with Gasteiger partial charge in [-0.3, -0.25) is 33.8 Å². The Morgan fingerprint density at radius 1 is 1.14 bits per heavy atom. The number of carbonyl (C=O) groups excluding carboxylic acids is 1. The molecule has 0 aliphatic carbocycles. The number of nitrogens with two attached hydrogens (primary N) is 1. The summed E-state index contributed by atoms with van der Waals surface area (Å²) in [4.78, 5) is 63.5. The van der Waals surface area contributed by atoms with Crippen LogP contribution in [0.1, 0.15) is 18.4 Å². The molecule has 13 heteroatoms. The summed E-state index contributed by atoms with van der Waals surface area (Å²) in [7, 11) is 1.37. The number of H-pyrrole nitrogens is 1. The number of benzene rings is 2. The fourth-order valence-corrected chi connectivity index (χ4v) is 3.89. The number of nitrogen functional groups attached to an aromatic ring is 1. The van der Waals surface area contributed by atoms with E-state index in [1.54, 1.807) is 24.3 Å². The highest BCUT2D eigenvalue weighted by Crippen LogP contribution is 2.21. The van der Waals surface area contributed by atoms with Gasteiger partial charge in [-0.2, -0.15) is 0 Å². The number of nitro groups is 1. The summed E-state index contributed by atoms with van der Waals surface area (Å²) >= 11 is 0. The van der Waals surface area contributed by atoms with Gasteiger partial charge in [0, 0.05) is 26.1 Å². The smallest absolute Gasteiger partial charge is 0.407 e. The Kier molecular flexibility index (Phi) is 6.54. The molecule has 4 aromatic rings. The number of rotatable bonds is 8. The zero-order chi connectivity index (χ0) is 26.0. The average molecular weight is 494 g/mol. The number of aryl methyl sites for hydroxylation is 1. The van der Waals surface area contributed by atoms with Crippen LogP contribution in [0.2, 0.25) is 0 Å². The molecule has 186 valence electrons. The minimum Gasteiger partial charge on any atom is -0.407 e. The second-order valence-electron chi connectivity index (χ2n) is 8.05. The standard InChI is InChI=1S/C23H22N6O7/c1-26(19-20(24)28(22(32)25-21(19)31)13-14-6-3-2-4-7-14)18(30)8-5-11-27-16-10-9-15(29(34)35)12-17(16)36-23(27)33/h2-4,6-7,9-10,12H,5,8,11,13,24H2,1H3,(H,25,31,32). The third-order valence-corrected chi connectivity index (χ3v) is 5.74. The number of non-ortho nitro benzene ring substituents is 1. The van der Waals surface area contributed by atoms with Gasteiger partial charge < -0.3 is 15.1 Å². The molecule has 0 atom stereocenters. The lowest BCUT2D eigenvalue weighted by atomic mass is 10.2. The molecular formula is C23H22N6O7. The average Bonchev–Trinajstić information content (AvgIpc) is 3.16. The van der Waals surface area contributed by atoms with E-state index >= 15 is 0 Å². The van der Waals surface area contributed by atoms with E-state index in [0.717, 1.165) is 16.5 Å². The van der Waals surface area contributed by atoms with Crippen LogP contribution in [0.4, 0.5) is 17.2 Å². The van der Waals surface area contributed by atoms with E-state index in [1.807, 2.05) is 6.07 Å². The topological polar surface area (TPSA) is 179 Å². The lowest BCUT2D eigenvalue weighted by Crippen LogP contribution is -2.39. The summed E-state index contributed by atoms with van der Waals surface area (Å²) in [6.45, 7) is 0.203. The molecule has 0 radical (unpaired) electrons. The lowest BCUT2D eigenvalue weighted by Gasteiger charge is -2.20. The molecule has 2 heterocycles. The van der Waals surface area contributed by atoms with Gasteiger partial charge >= 0.3 is 11.4 Å². The molecule has 0 bridgehead atoms. The maximum Gasteiger partial charge on any atom is 0.419 e. The molecule has 36 heavy (non-hydrogen) atoms. The number of aromatic nitrogens is 3. The highest BCUT2D eigenvalue weighted by Gasteiger charge is 2.21. The molecule has 2 aromatic carbocycles. The number of fused-ring (bicyclic) bond motifs is 1. The Labute approximate surface area is 202 Å². The van der Waals surface area contributed by atoms with Crippen LogP contribution in [0.25, 0.3) is 11.1 Å². The number of nitrogens with one attached hydrogen (secondary N) is 1. The van der Waals surface area contributed by atoms with Crippen LogP contribution in [-0.4, -0.2) is 32.0 Å². The van der Waals surface area contributed by atoms with Gasteiger partial charge in [0.25, 0.3) is 11.2 Å². The molecule has 0 fully saturated rings. The van der Waals surface area contributed by atoms with Crippen LogP contribution in [0.5, 0.6) is 0 Å². The zero-order valence-electron chi connectivity index (χ0n) is 19.2. The number of hydrogen-bond donors (Lipinski definition) is 2. The van der Waals surface area contributed by atoms with Gasteiger partial charge in [0.1, 0.15) is 5.82 Å². The van der Waals surface area contributed by atoms with Crippen molar-refractivity contribution in [2.45, 2.75) is 25.9 Å². The van der Waals surface area contributed by atoms with Crippen LogP contribution in [0, 0.1) is 10.1 Å². The van der Waals surface area contributed by atoms with Crippen molar-refractivity contribution < 1.29 is 14.1 Å². The molecule has 2 aromatic heterocycles. The first-order valence-corrected chi connectivity index (χ1v) is 10.9. The number of carbonyl (C=O) groups is 1. The summed E-state index contributed by atoms with van der Waals surface area (Å²) in [6.07, 6.45) is 0.148. The Balaban J connectivity index is 1.50. The summed E-state index contributed by atoms with van der Waals surface area (Å²) in [6, 6.07) is 12.8. The minimum absolute atomic E-state index is 0.0563. The van der Waals surface area contributed by atoms with Crippen LogP contribution in [0.3, 0.4) is 0 Å². The molecule has 0 saturated heterocycles. The number of amides is 1. The molecule has 0 aliphatic rings. The highest BCUT2D eigenvalue weighted by atomic mass is 16.6. The molecule has 4 rings (SSSR count). The molecule has 0 aliphatic heterocycles. The van der Waals surface area contributed by atoms with Crippen molar-refractivity contribution in [2.75, 3.05) is 17.7 Å². The first kappa shape index (κ1) is 24.2. The summed E-state index contributed by atoms with van der Waals surface area (Å²) < 4.78 is 7.53. The number of aromatic amines is 1. The number of anilines is 2. The predicted molar refractivity (Wildman–Crippen MR) is 131 cm³/mol. The fraction of sp³-hybridized carbons (Fsp3) is 0.217. The first-order valence-electron chi connectivity index (χ1n) is 10.9. The molecular weight excluding hydrogens is 472 g/mol. The van der Waals surface area contributed by atoms with E-state index in [4.69, 9.17) is 10.2 Å². The van der Waals surface area contributed by atoms with Gasteiger partial charge in [-0.15, -0.1) is 0 Å². The van der Waals surface area contributed by atoms with Gasteiger partial charge in [-0.25, -0.2) is 9.59 Å². The van der Waals surface area contributed by atoms with Gasteiger partial charge in [0.2, 0.25) is 5.91 Å². The minimum atomic E-state index is -0.795. The maximum atomic E-state index is 12.8. The van der Waals surface area contributed by atoms with Crippen molar-refractivity contribution in [3.8, 4) is 0 Å². The maximum absolute atomic E-state index is 12.8. The van der Waals surface area contributed by atoms with Crippen LogP contribution >= 0.6 is 0 Å². The normalized spacial score (nSPS) is 11.0. The van der Waals surface area contributed by atoms with Crippen molar-refractivity contribution in [1.82, 2.24) is 14.1 Å². The second kappa shape index (κ2) is 9.74. The Morgan fingerprint density at radius 2 is 1.86 bits per heavy atom. The van der Waals surface area contributed by atoms with Crippen LogP contribution < -0.4 is 27.6 Å². The van der Waals surface area contributed by atoms with E-state index in [9.17, 15) is 29.3 Å². The SMILES string of the molecule is CN(C(=O)CCCn1c(=O)oc2cc([N+](=O)[O-])ccc21)c1c(N)n(Cc2ccccc2)c(=O)[nH]c1=O. The number of hydrogen-bond acceptors (Lipinski definition) is 8. The van der Waals surface area contributed by atoms with Crippen LogP contribution in [-0.2, 0) is 17.9 Å². The van der Waals surface area contributed by atoms with Crippen molar-refractivity contribution >= 4 is 34.2 Å². The Bertz CT molecular complexity index is 1630. The quantitative estimate of drug-likeness (QED) is 0.273. The Hall–Kier alpha value is -4.94.